The second-order valence-corrected chi connectivity index (χ2v) is 4.20. The molecule has 3 rings (SSSR count). The molecular weight excluding hydrogens is 276 g/mol. The first kappa shape index (κ1) is 13.0. The molecule has 0 aliphatic carbocycles. The summed E-state index contributed by atoms with van der Waals surface area (Å²) in [5.74, 6) is 1.44. The van der Waals surface area contributed by atoms with E-state index in [1.54, 1.807) is 24.3 Å². The molecule has 0 saturated heterocycles. The summed E-state index contributed by atoms with van der Waals surface area (Å²) in [6.07, 6.45) is 0. The Hall–Kier alpha value is -3.00. The number of non-ortho nitro benzene ring substituents is 1. The molecule has 0 fully saturated rings. The molecule has 0 aliphatic rings. The third kappa shape index (κ3) is 2.51. The van der Waals surface area contributed by atoms with Crippen LogP contribution in [0.15, 0.2) is 45.3 Å². The molecule has 8 nitrogen and oxygen atoms in total. The molecule has 0 aliphatic heterocycles. The number of aromatic nitrogens is 2. The predicted octanol–water partition coefficient (Wildman–Crippen LogP) is 2.36. The van der Waals surface area contributed by atoms with Crippen molar-refractivity contribution in [3.05, 3.63) is 52.3 Å². The minimum atomic E-state index is -0.482. The van der Waals surface area contributed by atoms with Crippen LogP contribution in [-0.2, 0) is 6.54 Å². The predicted molar refractivity (Wildman–Crippen MR) is 72.0 cm³/mol. The normalized spacial score (nSPS) is 10.7. The largest absolute Gasteiger partial charge is 0.455 e. The van der Waals surface area contributed by atoms with Gasteiger partial charge in [0.25, 0.3) is 11.6 Å². The Balaban J connectivity index is 1.94. The number of nitro benzene ring substituents is 1. The fourth-order valence-electron chi connectivity index (χ4n) is 1.80. The van der Waals surface area contributed by atoms with Crippen molar-refractivity contribution in [3.8, 4) is 23.0 Å². The van der Waals surface area contributed by atoms with Gasteiger partial charge in [-0.25, -0.2) is 0 Å². The van der Waals surface area contributed by atoms with Gasteiger partial charge < -0.3 is 14.7 Å². The molecule has 0 saturated carbocycles. The number of nitrogens with zero attached hydrogens (tertiary/aromatic N) is 3. The summed E-state index contributed by atoms with van der Waals surface area (Å²) in [5, 5.41) is 14.6. The zero-order valence-electron chi connectivity index (χ0n) is 10.7. The molecule has 2 heterocycles. The van der Waals surface area contributed by atoms with E-state index in [1.165, 1.54) is 12.1 Å². The highest BCUT2D eigenvalue weighted by Gasteiger charge is 2.15. The van der Waals surface area contributed by atoms with E-state index < -0.39 is 4.92 Å². The number of nitro groups is 1. The molecule has 0 unspecified atom stereocenters. The van der Waals surface area contributed by atoms with Crippen molar-refractivity contribution in [3.63, 3.8) is 0 Å². The van der Waals surface area contributed by atoms with E-state index in [1.807, 2.05) is 0 Å². The highest BCUT2D eigenvalue weighted by atomic mass is 16.6. The average Bonchev–Trinajstić information content (AvgIpc) is 3.16. The Morgan fingerprint density at radius 2 is 2.14 bits per heavy atom. The molecule has 2 aromatic heterocycles. The summed E-state index contributed by atoms with van der Waals surface area (Å²) in [4.78, 5) is 14.4. The van der Waals surface area contributed by atoms with Gasteiger partial charge in [0.1, 0.15) is 5.76 Å². The van der Waals surface area contributed by atoms with Crippen LogP contribution in [0, 0.1) is 10.1 Å². The Morgan fingerprint density at radius 1 is 1.29 bits per heavy atom. The maximum atomic E-state index is 10.8. The lowest BCUT2D eigenvalue weighted by atomic mass is 10.2. The number of rotatable bonds is 4. The Labute approximate surface area is 118 Å². The van der Waals surface area contributed by atoms with Crippen molar-refractivity contribution < 1.29 is 13.9 Å². The zero-order valence-corrected chi connectivity index (χ0v) is 10.7. The van der Waals surface area contributed by atoms with Crippen molar-refractivity contribution in [2.24, 2.45) is 5.73 Å². The lowest BCUT2D eigenvalue weighted by Gasteiger charge is -1.94. The summed E-state index contributed by atoms with van der Waals surface area (Å²) in [7, 11) is 0. The lowest BCUT2D eigenvalue weighted by Crippen LogP contribution is -1.92. The van der Waals surface area contributed by atoms with Crippen LogP contribution in [0.4, 0.5) is 5.69 Å². The van der Waals surface area contributed by atoms with E-state index >= 15 is 0 Å². The quantitative estimate of drug-likeness (QED) is 0.577. The molecule has 21 heavy (non-hydrogen) atoms. The van der Waals surface area contributed by atoms with Crippen LogP contribution in [0.2, 0.25) is 0 Å². The van der Waals surface area contributed by atoms with E-state index in [0.29, 0.717) is 17.1 Å². The monoisotopic (exact) mass is 286 g/mol. The van der Waals surface area contributed by atoms with Crippen LogP contribution in [0.25, 0.3) is 23.0 Å². The van der Waals surface area contributed by atoms with Crippen LogP contribution >= 0.6 is 0 Å². The number of hydrogen-bond donors (Lipinski definition) is 1. The molecule has 8 heteroatoms. The van der Waals surface area contributed by atoms with Crippen LogP contribution < -0.4 is 5.73 Å². The fraction of sp³-hybridized carbons (Fsp3) is 0.0769. The van der Waals surface area contributed by atoms with E-state index in [4.69, 9.17) is 14.7 Å². The van der Waals surface area contributed by atoms with Gasteiger partial charge in [0, 0.05) is 17.7 Å². The van der Waals surface area contributed by atoms with E-state index in [9.17, 15) is 10.1 Å². The van der Waals surface area contributed by atoms with Crippen LogP contribution in [0.5, 0.6) is 0 Å². The van der Waals surface area contributed by atoms with Gasteiger partial charge in [-0.1, -0.05) is 17.3 Å². The Bertz CT molecular complexity index is 793. The second kappa shape index (κ2) is 5.17. The first-order valence-electron chi connectivity index (χ1n) is 6.05. The number of benzene rings is 1. The molecular formula is C13H10N4O4. The second-order valence-electron chi connectivity index (χ2n) is 4.20. The molecule has 2 N–H and O–H groups in total. The van der Waals surface area contributed by atoms with Gasteiger partial charge in [-0.15, -0.1) is 0 Å². The number of hydrogen-bond acceptors (Lipinski definition) is 7. The van der Waals surface area contributed by atoms with Crippen LogP contribution in [-0.4, -0.2) is 15.1 Å². The number of furan rings is 1. The standard InChI is InChI=1S/C13H10N4O4/c14-7-10-4-5-11(20-10)13-15-12(16-21-13)8-2-1-3-9(6-8)17(18)19/h1-6H,7,14H2. The van der Waals surface area contributed by atoms with Gasteiger partial charge >= 0.3 is 0 Å². The SMILES string of the molecule is NCc1ccc(-c2nc(-c3cccc([N+](=O)[O-])c3)no2)o1. The molecule has 1 aromatic carbocycles. The highest BCUT2D eigenvalue weighted by Crippen LogP contribution is 2.25. The van der Waals surface area contributed by atoms with Crippen molar-refractivity contribution in [1.29, 1.82) is 0 Å². The third-order valence-electron chi connectivity index (χ3n) is 2.81. The van der Waals surface area contributed by atoms with Gasteiger partial charge in [0.05, 0.1) is 11.5 Å². The molecule has 0 atom stereocenters. The van der Waals surface area contributed by atoms with Gasteiger partial charge in [-0.05, 0) is 12.1 Å². The van der Waals surface area contributed by atoms with E-state index in [2.05, 4.69) is 10.1 Å². The average molecular weight is 286 g/mol. The van der Waals surface area contributed by atoms with E-state index in [0.717, 1.165) is 0 Å². The maximum Gasteiger partial charge on any atom is 0.293 e. The lowest BCUT2D eigenvalue weighted by molar-refractivity contribution is -0.384. The van der Waals surface area contributed by atoms with Gasteiger partial charge in [-0.2, -0.15) is 4.98 Å². The summed E-state index contributed by atoms with van der Waals surface area (Å²) in [6, 6.07) is 9.38. The minimum Gasteiger partial charge on any atom is -0.455 e. The maximum absolute atomic E-state index is 10.8. The third-order valence-corrected chi connectivity index (χ3v) is 2.81. The molecule has 0 spiro atoms. The summed E-state index contributed by atoms with van der Waals surface area (Å²) >= 11 is 0. The van der Waals surface area contributed by atoms with Crippen LogP contribution in [0.1, 0.15) is 5.76 Å². The Kier molecular flexibility index (Phi) is 3.20. The highest BCUT2D eigenvalue weighted by molar-refractivity contribution is 5.60. The van der Waals surface area contributed by atoms with Crippen molar-refractivity contribution in [2.75, 3.05) is 0 Å². The molecule has 0 bridgehead atoms. The summed E-state index contributed by atoms with van der Waals surface area (Å²) in [5.41, 5.74) is 5.91. The molecule has 106 valence electrons. The Morgan fingerprint density at radius 3 is 2.86 bits per heavy atom. The summed E-state index contributed by atoms with van der Waals surface area (Å²) in [6.45, 7) is 0.270. The molecule has 0 amide bonds. The van der Waals surface area contributed by atoms with Crippen molar-refractivity contribution in [2.45, 2.75) is 6.54 Å². The fourth-order valence-corrected chi connectivity index (χ4v) is 1.80. The van der Waals surface area contributed by atoms with Crippen molar-refractivity contribution >= 4 is 5.69 Å². The van der Waals surface area contributed by atoms with Crippen molar-refractivity contribution in [1.82, 2.24) is 10.1 Å². The smallest absolute Gasteiger partial charge is 0.293 e. The first-order valence-corrected chi connectivity index (χ1v) is 6.05. The minimum absolute atomic E-state index is 0.0396. The first-order chi connectivity index (χ1) is 10.2. The summed E-state index contributed by atoms with van der Waals surface area (Å²) < 4.78 is 10.5. The topological polar surface area (TPSA) is 121 Å². The van der Waals surface area contributed by atoms with Crippen LogP contribution in [0.3, 0.4) is 0 Å². The molecule has 3 aromatic rings. The molecule has 0 radical (unpaired) electrons. The van der Waals surface area contributed by atoms with Gasteiger partial charge in [0.15, 0.2) is 5.76 Å². The number of nitrogens with two attached hydrogens (primary N) is 1. The van der Waals surface area contributed by atoms with E-state index in [-0.39, 0.29) is 23.9 Å². The van der Waals surface area contributed by atoms with Gasteiger partial charge in [0.2, 0.25) is 5.82 Å². The zero-order chi connectivity index (χ0) is 14.8. The van der Waals surface area contributed by atoms with Gasteiger partial charge in [-0.3, -0.25) is 10.1 Å².